The number of likely N-dealkylation sites (tertiary alicyclic amines) is 1. The number of halogens is 6. The van der Waals surface area contributed by atoms with Crippen LogP contribution in [0, 0.1) is 5.82 Å². The minimum Gasteiger partial charge on any atom is -0.337 e. The zero-order valence-electron chi connectivity index (χ0n) is 16.7. The van der Waals surface area contributed by atoms with Crippen molar-refractivity contribution >= 4 is 28.4 Å². The predicted octanol–water partition coefficient (Wildman–Crippen LogP) is 4.40. The van der Waals surface area contributed by atoms with Gasteiger partial charge in [0.2, 0.25) is 5.91 Å². The first-order valence-electron chi connectivity index (χ1n) is 9.56. The van der Waals surface area contributed by atoms with Gasteiger partial charge < -0.3 is 14.0 Å². The van der Waals surface area contributed by atoms with Crippen molar-refractivity contribution in [3.8, 4) is 11.1 Å². The van der Waals surface area contributed by atoms with Crippen LogP contribution in [0.1, 0.15) is 6.92 Å². The highest BCUT2D eigenvalue weighted by Gasteiger charge is 2.41. The molecule has 4 rings (SSSR count). The fourth-order valence-electron chi connectivity index (χ4n) is 3.85. The van der Waals surface area contributed by atoms with E-state index in [0.717, 1.165) is 21.4 Å². The summed E-state index contributed by atoms with van der Waals surface area (Å²) in [6.45, 7) is -0.560. The molecule has 1 fully saturated rings. The van der Waals surface area contributed by atoms with Gasteiger partial charge in [0.1, 0.15) is 24.6 Å². The molecule has 0 unspecified atom stereocenters. The zero-order valence-corrected chi connectivity index (χ0v) is 17.5. The largest absolute Gasteiger partial charge is 0.406 e. The normalized spacial score (nSPS) is 15.8. The maximum Gasteiger partial charge on any atom is 0.406 e. The van der Waals surface area contributed by atoms with Gasteiger partial charge in [0.25, 0.3) is 5.56 Å². The average Bonchev–Trinajstić information content (AvgIpc) is 3.01. The van der Waals surface area contributed by atoms with Crippen molar-refractivity contribution in [1.29, 1.82) is 0 Å². The number of carbonyl (C=O) groups excluding carboxylic acids is 1. The molecule has 1 aromatic carbocycles. The number of fused-ring (bicyclic) bond motifs is 1. The van der Waals surface area contributed by atoms with E-state index in [-0.39, 0.29) is 46.7 Å². The lowest BCUT2D eigenvalue weighted by Gasteiger charge is -2.42. The Balaban J connectivity index is 1.81. The number of aromatic nitrogens is 2. The third kappa shape index (κ3) is 4.23. The Morgan fingerprint density at radius 1 is 1.19 bits per heavy atom. The lowest BCUT2D eigenvalue weighted by atomic mass is 9.99. The Morgan fingerprint density at radius 2 is 1.88 bits per heavy atom. The molecule has 0 atom stereocenters. The minimum atomic E-state index is -4.55. The van der Waals surface area contributed by atoms with Crippen molar-refractivity contribution in [3.63, 3.8) is 0 Å². The van der Waals surface area contributed by atoms with Crippen LogP contribution in [0.5, 0.6) is 0 Å². The highest BCUT2D eigenvalue weighted by Crippen LogP contribution is 2.33. The molecule has 170 valence electrons. The van der Waals surface area contributed by atoms with E-state index < -0.39 is 35.7 Å². The molecule has 0 saturated carbocycles. The van der Waals surface area contributed by atoms with Crippen molar-refractivity contribution in [2.24, 2.45) is 0 Å². The second-order valence-electron chi connectivity index (χ2n) is 8.09. The Labute approximate surface area is 183 Å². The lowest BCUT2D eigenvalue weighted by Crippen LogP contribution is -2.60. The summed E-state index contributed by atoms with van der Waals surface area (Å²) < 4.78 is 68.5. The smallest absolute Gasteiger partial charge is 0.337 e. The van der Waals surface area contributed by atoms with Gasteiger partial charge in [-0.3, -0.25) is 9.59 Å². The number of hydrogen-bond acceptors (Lipinski definition) is 2. The summed E-state index contributed by atoms with van der Waals surface area (Å²) in [6, 6.07) is 4.87. The molecule has 3 heterocycles. The predicted molar refractivity (Wildman–Crippen MR) is 109 cm³/mol. The average molecular weight is 474 g/mol. The number of rotatable bonds is 4. The first kappa shape index (κ1) is 22.3. The van der Waals surface area contributed by atoms with E-state index in [4.69, 9.17) is 11.6 Å². The lowest BCUT2D eigenvalue weighted by molar-refractivity contribution is -0.144. The summed E-state index contributed by atoms with van der Waals surface area (Å²) in [5.74, 6) is -1.20. The number of hydrogen-bond donors (Lipinski definition) is 0. The maximum absolute atomic E-state index is 13.7. The third-order valence-electron chi connectivity index (χ3n) is 5.29. The van der Waals surface area contributed by atoms with Gasteiger partial charge >= 0.3 is 6.18 Å². The van der Waals surface area contributed by atoms with Crippen LogP contribution >= 0.6 is 11.6 Å². The van der Waals surface area contributed by atoms with E-state index in [0.29, 0.717) is 0 Å². The summed E-state index contributed by atoms with van der Waals surface area (Å²) in [6.07, 6.45) is -2.17. The molecular formula is C21H17ClF5N3O2. The van der Waals surface area contributed by atoms with Gasteiger partial charge in [-0.2, -0.15) is 13.2 Å². The number of nitrogens with zero attached hydrogens (tertiary/aromatic N) is 3. The van der Waals surface area contributed by atoms with E-state index in [9.17, 15) is 31.5 Å². The van der Waals surface area contributed by atoms with Crippen molar-refractivity contribution < 1.29 is 26.7 Å². The number of pyridine rings is 1. The molecular weight excluding hydrogens is 457 g/mol. The van der Waals surface area contributed by atoms with Gasteiger partial charge in [0.15, 0.2) is 0 Å². The van der Waals surface area contributed by atoms with Crippen molar-refractivity contribution in [2.45, 2.75) is 31.9 Å². The van der Waals surface area contributed by atoms with Crippen LogP contribution in [0.3, 0.4) is 0 Å². The molecule has 5 nitrogen and oxygen atoms in total. The Kier molecular flexibility index (Phi) is 5.31. The molecule has 0 aliphatic carbocycles. The molecule has 3 aromatic rings. The molecule has 2 aromatic heterocycles. The van der Waals surface area contributed by atoms with Crippen LogP contribution in [0.15, 0.2) is 41.5 Å². The number of carbonyl (C=O) groups is 1. The first-order valence-corrected chi connectivity index (χ1v) is 9.94. The molecule has 1 amide bonds. The number of alkyl halides is 4. The first-order chi connectivity index (χ1) is 14.8. The van der Waals surface area contributed by atoms with Crippen LogP contribution in [0.2, 0.25) is 5.02 Å². The molecule has 11 heteroatoms. The fraction of sp³-hybridized carbons (Fsp3) is 0.333. The standard InChI is InChI=1S/C21H17ClF5N3O2/c1-20(24)9-30(10-20)17(31)8-28-5-4-16-18(19(28)32)13(7-29(16)11-21(25,26)27)12-2-3-15(23)14(22)6-12/h2-7H,8-11H2,1H3. The van der Waals surface area contributed by atoms with Gasteiger partial charge in [-0.1, -0.05) is 17.7 Å². The number of amides is 1. The van der Waals surface area contributed by atoms with Crippen LogP contribution in [0.4, 0.5) is 22.0 Å². The number of benzene rings is 1. The molecule has 0 N–H and O–H groups in total. The van der Waals surface area contributed by atoms with Gasteiger partial charge in [0, 0.05) is 18.0 Å². The zero-order chi connectivity index (χ0) is 23.4. The molecule has 32 heavy (non-hydrogen) atoms. The van der Waals surface area contributed by atoms with Gasteiger partial charge in [-0.15, -0.1) is 0 Å². The van der Waals surface area contributed by atoms with Crippen LogP contribution < -0.4 is 5.56 Å². The van der Waals surface area contributed by atoms with E-state index >= 15 is 0 Å². The molecule has 1 aliphatic heterocycles. The molecule has 1 aliphatic rings. The third-order valence-corrected chi connectivity index (χ3v) is 5.58. The van der Waals surface area contributed by atoms with E-state index in [1.807, 2.05) is 0 Å². The summed E-state index contributed by atoms with van der Waals surface area (Å²) in [7, 11) is 0. The highest BCUT2D eigenvalue weighted by atomic mass is 35.5. The van der Waals surface area contributed by atoms with Crippen molar-refractivity contribution in [1.82, 2.24) is 14.0 Å². The van der Waals surface area contributed by atoms with Crippen molar-refractivity contribution in [2.75, 3.05) is 13.1 Å². The maximum atomic E-state index is 13.7. The van der Waals surface area contributed by atoms with E-state index in [1.54, 1.807) is 0 Å². The fourth-order valence-corrected chi connectivity index (χ4v) is 4.03. The summed E-state index contributed by atoms with van der Waals surface area (Å²) in [5, 5.41) is -0.316. The topological polar surface area (TPSA) is 47.2 Å². The van der Waals surface area contributed by atoms with Gasteiger partial charge in [-0.25, -0.2) is 8.78 Å². The van der Waals surface area contributed by atoms with E-state index in [2.05, 4.69) is 0 Å². The Bertz CT molecular complexity index is 1270. The molecule has 0 radical (unpaired) electrons. The summed E-state index contributed by atoms with van der Waals surface area (Å²) in [5.41, 5.74) is -1.80. The highest BCUT2D eigenvalue weighted by molar-refractivity contribution is 6.31. The molecule has 0 bridgehead atoms. The minimum absolute atomic E-state index is 0.00625. The Morgan fingerprint density at radius 3 is 2.47 bits per heavy atom. The van der Waals surface area contributed by atoms with Crippen LogP contribution in [-0.4, -0.2) is 44.9 Å². The van der Waals surface area contributed by atoms with Crippen molar-refractivity contribution in [3.05, 3.63) is 57.9 Å². The second kappa shape index (κ2) is 7.61. The summed E-state index contributed by atoms with van der Waals surface area (Å²) >= 11 is 5.82. The second-order valence-corrected chi connectivity index (χ2v) is 8.49. The van der Waals surface area contributed by atoms with Crippen LogP contribution in [0.25, 0.3) is 22.0 Å². The quantitative estimate of drug-likeness (QED) is 0.528. The summed E-state index contributed by atoms with van der Waals surface area (Å²) in [4.78, 5) is 26.8. The SMILES string of the molecule is CC1(F)CN(C(=O)Cn2ccc3c(c(-c4ccc(F)c(Cl)c4)cn3CC(F)(F)F)c2=O)C1. The van der Waals surface area contributed by atoms with Crippen LogP contribution in [-0.2, 0) is 17.9 Å². The van der Waals surface area contributed by atoms with Gasteiger partial charge in [0.05, 0.1) is 29.0 Å². The Hall–Kier alpha value is -2.88. The molecule has 1 saturated heterocycles. The molecule has 0 spiro atoms. The monoisotopic (exact) mass is 473 g/mol. The van der Waals surface area contributed by atoms with E-state index in [1.165, 1.54) is 36.2 Å². The van der Waals surface area contributed by atoms with Gasteiger partial charge in [-0.05, 0) is 30.7 Å².